The largest absolute Gasteiger partial charge is 0.758 e. The number of aliphatic hydroxyl groups is 1. The van der Waals surface area contributed by atoms with E-state index in [4.69, 9.17) is 0 Å². The summed E-state index contributed by atoms with van der Waals surface area (Å²) in [6.07, 6.45) is 5.86. The summed E-state index contributed by atoms with van der Waals surface area (Å²) >= 11 is 0. The van der Waals surface area contributed by atoms with Crippen molar-refractivity contribution in [3.8, 4) is 0 Å². The van der Waals surface area contributed by atoms with Gasteiger partial charge < -0.3 is 15.4 Å². The number of nitrogens with zero attached hydrogens (tertiary/aromatic N) is 2. The summed E-state index contributed by atoms with van der Waals surface area (Å²) in [5, 5.41) is 24.3. The number of hydrogen-bond donors (Lipinski definition) is 1. The van der Waals surface area contributed by atoms with Crippen LogP contribution >= 0.6 is 0 Å². The van der Waals surface area contributed by atoms with Crippen LogP contribution in [0.4, 0.5) is 0 Å². The van der Waals surface area contributed by atoms with Crippen LogP contribution < -0.4 is 0 Å². The molecule has 1 heterocycles. The third kappa shape index (κ3) is 1.29. The van der Waals surface area contributed by atoms with E-state index in [-0.39, 0.29) is 0 Å². The second-order valence-electron chi connectivity index (χ2n) is 5.99. The second kappa shape index (κ2) is 3.78. The fraction of sp³-hybridized carbons (Fsp3) is 0.846. The smallest absolute Gasteiger partial charge is 0.340 e. The molecule has 0 aromatic heterocycles. The van der Waals surface area contributed by atoms with Gasteiger partial charge in [0.25, 0.3) is 5.70 Å². The van der Waals surface area contributed by atoms with Gasteiger partial charge in [-0.15, -0.1) is 0 Å². The van der Waals surface area contributed by atoms with Crippen molar-refractivity contribution in [2.24, 2.45) is 0 Å². The van der Waals surface area contributed by atoms with Gasteiger partial charge in [0.15, 0.2) is 0 Å². The molecule has 0 spiro atoms. The lowest BCUT2D eigenvalue weighted by Gasteiger charge is -2.57. The average molecular weight is 252 g/mol. The van der Waals surface area contributed by atoms with Crippen LogP contribution in [0, 0.1) is 10.1 Å². The third-order valence-corrected chi connectivity index (χ3v) is 4.99. The summed E-state index contributed by atoms with van der Waals surface area (Å²) < 4.78 is 0.773. The molecule has 0 aromatic carbocycles. The average Bonchev–Trinajstić information content (AvgIpc) is 2.39. The Kier molecular flexibility index (Phi) is 2.54. The zero-order chi connectivity index (χ0) is 13.0. The molecule has 5 heteroatoms. The zero-order valence-corrected chi connectivity index (χ0v) is 10.8. The lowest BCUT2D eigenvalue weighted by molar-refractivity contribution is -0.669. The standard InChI is InChI=1S/C13H20N2O3/c1-12-8-4-5-9-13(12,16)15(18)11-7-3-2-6-10(11)14(12)17/h16H,2-9H2,1H3/t12-,13+/m0/s1. The first kappa shape index (κ1) is 12.1. The molecule has 0 unspecified atom stereocenters. The van der Waals surface area contributed by atoms with Crippen LogP contribution in [-0.4, -0.2) is 26.2 Å². The Hall–Kier alpha value is -0.940. The SMILES string of the molecule is C[C@]12CCCC[C@]1(O)[N+](=O)C1=C(CCCC1)N2[O-]. The van der Waals surface area contributed by atoms with E-state index in [2.05, 4.69) is 0 Å². The first-order valence-corrected chi connectivity index (χ1v) is 6.90. The van der Waals surface area contributed by atoms with Crippen LogP contribution in [0.2, 0.25) is 0 Å². The van der Waals surface area contributed by atoms with Crippen LogP contribution in [0.5, 0.6) is 0 Å². The molecule has 1 fully saturated rings. The van der Waals surface area contributed by atoms with Crippen molar-refractivity contribution in [3.05, 3.63) is 21.5 Å². The van der Waals surface area contributed by atoms with E-state index in [9.17, 15) is 15.2 Å². The van der Waals surface area contributed by atoms with Crippen LogP contribution in [0.3, 0.4) is 0 Å². The third-order valence-electron chi connectivity index (χ3n) is 4.99. The first-order valence-electron chi connectivity index (χ1n) is 6.90. The summed E-state index contributed by atoms with van der Waals surface area (Å²) in [6.45, 7) is 1.74. The lowest BCUT2D eigenvalue weighted by atomic mass is 9.72. The van der Waals surface area contributed by atoms with Crippen LogP contribution in [-0.2, 0) is 0 Å². The molecule has 1 saturated carbocycles. The number of nitroso groups, excluding NO2 is 1. The van der Waals surface area contributed by atoms with Gasteiger partial charge in [0.2, 0.25) is 0 Å². The molecule has 5 nitrogen and oxygen atoms in total. The van der Waals surface area contributed by atoms with E-state index >= 15 is 0 Å². The summed E-state index contributed by atoms with van der Waals surface area (Å²) in [5.41, 5.74) is -1.38. The summed E-state index contributed by atoms with van der Waals surface area (Å²) in [4.78, 5) is 12.5. The summed E-state index contributed by atoms with van der Waals surface area (Å²) in [5.74, 6) is 0. The minimum Gasteiger partial charge on any atom is -0.758 e. The maximum absolute atomic E-state index is 12.6. The molecule has 0 radical (unpaired) electrons. The molecule has 1 aliphatic heterocycles. The minimum atomic E-state index is -1.54. The quantitative estimate of drug-likeness (QED) is 0.672. The van der Waals surface area contributed by atoms with Gasteiger partial charge in [0, 0.05) is 17.7 Å². The minimum absolute atomic E-state index is 0.391. The molecule has 1 N–H and O–H groups in total. The molecule has 100 valence electrons. The van der Waals surface area contributed by atoms with Gasteiger partial charge in [-0.3, -0.25) is 0 Å². The van der Waals surface area contributed by atoms with Gasteiger partial charge in [0.05, 0.1) is 10.5 Å². The molecular weight excluding hydrogens is 232 g/mol. The molecule has 0 bridgehead atoms. The highest BCUT2D eigenvalue weighted by molar-refractivity contribution is 5.21. The maximum atomic E-state index is 12.6. The van der Waals surface area contributed by atoms with Gasteiger partial charge in [-0.25, -0.2) is 0 Å². The van der Waals surface area contributed by atoms with Crippen LogP contribution in [0.25, 0.3) is 0 Å². The highest BCUT2D eigenvalue weighted by atomic mass is 16.5. The van der Waals surface area contributed by atoms with Crippen LogP contribution in [0.15, 0.2) is 11.4 Å². The Labute approximate surface area is 107 Å². The maximum Gasteiger partial charge on any atom is 0.340 e. The van der Waals surface area contributed by atoms with E-state index in [1.54, 1.807) is 6.92 Å². The van der Waals surface area contributed by atoms with Crippen molar-refractivity contribution >= 4 is 0 Å². The molecule has 0 aromatic rings. The van der Waals surface area contributed by atoms with Gasteiger partial charge >= 0.3 is 5.72 Å². The van der Waals surface area contributed by atoms with Gasteiger partial charge in [-0.1, -0.05) is 6.42 Å². The number of allylic oxidation sites excluding steroid dienone is 2. The fourth-order valence-electron chi connectivity index (χ4n) is 3.73. The lowest BCUT2D eigenvalue weighted by Crippen LogP contribution is -2.69. The fourth-order valence-corrected chi connectivity index (χ4v) is 3.73. The summed E-state index contributed by atoms with van der Waals surface area (Å²) in [6, 6.07) is 0. The van der Waals surface area contributed by atoms with E-state index in [1.165, 1.54) is 0 Å². The molecule has 3 rings (SSSR count). The van der Waals surface area contributed by atoms with Crippen molar-refractivity contribution in [1.82, 2.24) is 5.06 Å². The second-order valence-corrected chi connectivity index (χ2v) is 5.99. The van der Waals surface area contributed by atoms with E-state index in [0.717, 1.165) is 35.5 Å². The van der Waals surface area contributed by atoms with Crippen molar-refractivity contribution in [1.29, 1.82) is 0 Å². The Bertz CT molecular complexity index is 434. The Morgan fingerprint density at radius 2 is 1.89 bits per heavy atom. The molecular formula is C13H20N2O3. The molecule has 0 amide bonds. The van der Waals surface area contributed by atoms with Crippen molar-refractivity contribution in [2.75, 3.05) is 0 Å². The normalized spacial score (nSPS) is 40.6. The molecule has 2 atom stereocenters. The summed E-state index contributed by atoms with van der Waals surface area (Å²) in [7, 11) is 0. The monoisotopic (exact) mass is 252 g/mol. The van der Waals surface area contributed by atoms with Crippen molar-refractivity contribution in [2.45, 2.75) is 69.6 Å². The molecule has 2 aliphatic carbocycles. The van der Waals surface area contributed by atoms with Crippen molar-refractivity contribution < 1.29 is 9.87 Å². The van der Waals surface area contributed by atoms with Gasteiger partial charge in [-0.2, -0.15) is 0 Å². The predicted molar refractivity (Wildman–Crippen MR) is 66.2 cm³/mol. The molecule has 0 saturated heterocycles. The first-order chi connectivity index (χ1) is 8.51. The number of hydrogen-bond acceptors (Lipinski definition) is 4. The van der Waals surface area contributed by atoms with Gasteiger partial charge in [0.1, 0.15) is 5.54 Å². The number of fused-ring (bicyclic) bond motifs is 1. The predicted octanol–water partition coefficient (Wildman–Crippen LogP) is 2.39. The Morgan fingerprint density at radius 3 is 2.67 bits per heavy atom. The van der Waals surface area contributed by atoms with E-state index < -0.39 is 11.3 Å². The van der Waals surface area contributed by atoms with E-state index in [1.807, 2.05) is 0 Å². The molecule has 18 heavy (non-hydrogen) atoms. The Balaban J connectivity index is 2.14. The topological polar surface area (TPSA) is 66.6 Å². The highest BCUT2D eigenvalue weighted by Crippen LogP contribution is 2.50. The Morgan fingerprint density at radius 1 is 1.22 bits per heavy atom. The van der Waals surface area contributed by atoms with Gasteiger partial charge in [-0.05, 0) is 39.0 Å². The van der Waals surface area contributed by atoms with Crippen molar-refractivity contribution in [3.63, 3.8) is 0 Å². The number of hydroxylamine groups is 2. The highest BCUT2D eigenvalue weighted by Gasteiger charge is 2.66. The molecule has 3 aliphatic rings. The zero-order valence-electron chi connectivity index (χ0n) is 10.8. The van der Waals surface area contributed by atoms with E-state index in [0.29, 0.717) is 37.1 Å². The number of rotatable bonds is 0. The van der Waals surface area contributed by atoms with Crippen LogP contribution in [0.1, 0.15) is 58.3 Å².